The number of amides is 1. The molecule has 1 amide bonds. The number of nitrogens with zero attached hydrogens (tertiary/aromatic N) is 2. The maximum atomic E-state index is 12.8. The number of hydrogen-bond acceptors (Lipinski definition) is 4. The molecule has 2 atom stereocenters. The Hall–Kier alpha value is -1.69. The average molecular weight is 344 g/mol. The Balaban J connectivity index is 1.85. The summed E-state index contributed by atoms with van der Waals surface area (Å²) in [5.41, 5.74) is -0.0184. The number of rotatable bonds is 3. The van der Waals surface area contributed by atoms with Gasteiger partial charge in [-0.05, 0) is 45.1 Å². The summed E-state index contributed by atoms with van der Waals surface area (Å²) in [6, 6.07) is 13.5. The van der Waals surface area contributed by atoms with E-state index in [9.17, 15) is 9.90 Å². The van der Waals surface area contributed by atoms with Gasteiger partial charge in [-0.15, -0.1) is 11.3 Å². The fraction of sp³-hybridized carbons (Fsp3) is 0.421. The summed E-state index contributed by atoms with van der Waals surface area (Å²) < 4.78 is 0. The van der Waals surface area contributed by atoms with E-state index in [1.807, 2.05) is 73.3 Å². The Labute approximate surface area is 147 Å². The minimum atomic E-state index is -0.938. The first-order chi connectivity index (χ1) is 11.4. The molecule has 3 rings (SSSR count). The van der Waals surface area contributed by atoms with Gasteiger partial charge in [0.25, 0.3) is 5.91 Å². The highest BCUT2D eigenvalue weighted by molar-refractivity contribution is 7.13. The number of likely N-dealkylation sites (tertiary alicyclic amines) is 1. The Morgan fingerprint density at radius 2 is 1.96 bits per heavy atom. The minimum absolute atomic E-state index is 0.0649. The van der Waals surface area contributed by atoms with E-state index in [4.69, 9.17) is 0 Å². The number of carbonyl (C=O) groups excluding carboxylic acids is 1. The van der Waals surface area contributed by atoms with Crippen molar-refractivity contribution in [1.29, 1.82) is 0 Å². The van der Waals surface area contributed by atoms with Gasteiger partial charge < -0.3 is 14.9 Å². The van der Waals surface area contributed by atoms with Crippen LogP contribution in [0.5, 0.6) is 0 Å². The number of thiophene rings is 1. The highest BCUT2D eigenvalue weighted by atomic mass is 32.1. The van der Waals surface area contributed by atoms with E-state index in [0.717, 1.165) is 15.3 Å². The SMILES string of the molecule is Cc1ccc(C(=O)N2CCC(O)(c3ccccc3)C(N(C)C)C2)s1. The van der Waals surface area contributed by atoms with Crippen LogP contribution in [-0.2, 0) is 5.60 Å². The summed E-state index contributed by atoms with van der Waals surface area (Å²) in [5, 5.41) is 11.4. The fourth-order valence-corrected chi connectivity index (χ4v) is 4.30. The van der Waals surface area contributed by atoms with Crippen molar-refractivity contribution >= 4 is 17.2 Å². The lowest BCUT2D eigenvalue weighted by Crippen LogP contribution is -2.60. The standard InChI is InChI=1S/C19H24N2O2S/c1-14-9-10-16(24-14)18(22)21-12-11-19(23,17(13-21)20(2)3)15-7-5-4-6-8-15/h4-10,17,23H,11-13H2,1-3H3. The van der Waals surface area contributed by atoms with E-state index in [-0.39, 0.29) is 11.9 Å². The summed E-state index contributed by atoms with van der Waals surface area (Å²) in [6.45, 7) is 3.09. The van der Waals surface area contributed by atoms with Crippen molar-refractivity contribution in [2.45, 2.75) is 25.0 Å². The number of carbonyl (C=O) groups is 1. The largest absolute Gasteiger partial charge is 0.383 e. The molecular formula is C19H24N2O2S. The molecule has 1 aliphatic heterocycles. The second-order valence-corrected chi connectivity index (χ2v) is 7.97. The molecule has 0 bridgehead atoms. The van der Waals surface area contributed by atoms with Crippen LogP contribution < -0.4 is 0 Å². The molecule has 1 aliphatic rings. The zero-order valence-corrected chi connectivity index (χ0v) is 15.2. The van der Waals surface area contributed by atoms with Crippen LogP contribution in [0.4, 0.5) is 0 Å². The highest BCUT2D eigenvalue weighted by Crippen LogP contribution is 2.36. The van der Waals surface area contributed by atoms with Gasteiger partial charge in [-0.2, -0.15) is 0 Å². The van der Waals surface area contributed by atoms with Gasteiger partial charge in [0.1, 0.15) is 5.60 Å². The predicted molar refractivity (Wildman–Crippen MR) is 97.4 cm³/mol. The van der Waals surface area contributed by atoms with Crippen LogP contribution in [0.15, 0.2) is 42.5 Å². The number of benzene rings is 1. The van der Waals surface area contributed by atoms with E-state index in [2.05, 4.69) is 0 Å². The zero-order chi connectivity index (χ0) is 17.3. The molecule has 1 fully saturated rings. The van der Waals surface area contributed by atoms with Crippen LogP contribution >= 0.6 is 11.3 Å². The molecule has 1 aromatic heterocycles. The van der Waals surface area contributed by atoms with Crippen molar-refractivity contribution in [3.05, 3.63) is 57.8 Å². The van der Waals surface area contributed by atoms with Gasteiger partial charge in [0.2, 0.25) is 0 Å². The molecule has 1 N–H and O–H groups in total. The first kappa shape index (κ1) is 17.1. The maximum Gasteiger partial charge on any atom is 0.263 e. The molecule has 0 spiro atoms. The lowest BCUT2D eigenvalue weighted by Gasteiger charge is -2.47. The molecule has 0 radical (unpaired) electrons. The van der Waals surface area contributed by atoms with Gasteiger partial charge in [0, 0.05) is 18.0 Å². The summed E-state index contributed by atoms with van der Waals surface area (Å²) in [5.74, 6) is 0.0649. The van der Waals surface area contributed by atoms with Gasteiger partial charge >= 0.3 is 0 Å². The van der Waals surface area contributed by atoms with Crippen LogP contribution in [-0.4, -0.2) is 54.0 Å². The second kappa shape index (κ2) is 6.67. The molecule has 1 aromatic carbocycles. The molecule has 2 aromatic rings. The lowest BCUT2D eigenvalue weighted by molar-refractivity contribution is -0.0809. The molecule has 0 aliphatic carbocycles. The van der Waals surface area contributed by atoms with E-state index in [0.29, 0.717) is 19.5 Å². The first-order valence-corrected chi connectivity index (χ1v) is 9.03. The van der Waals surface area contributed by atoms with Crippen LogP contribution in [0.1, 0.15) is 26.5 Å². The van der Waals surface area contributed by atoms with Crippen molar-refractivity contribution in [3.8, 4) is 0 Å². The molecule has 2 heterocycles. The molecule has 0 saturated carbocycles. The Kier molecular flexibility index (Phi) is 4.76. The zero-order valence-electron chi connectivity index (χ0n) is 14.4. The fourth-order valence-electron chi connectivity index (χ4n) is 3.47. The molecule has 24 heavy (non-hydrogen) atoms. The third kappa shape index (κ3) is 3.11. The lowest BCUT2D eigenvalue weighted by atomic mass is 9.80. The van der Waals surface area contributed by atoms with Gasteiger partial charge in [-0.3, -0.25) is 4.79 Å². The maximum absolute atomic E-state index is 12.8. The number of likely N-dealkylation sites (N-methyl/N-ethyl adjacent to an activating group) is 1. The van der Waals surface area contributed by atoms with Crippen LogP contribution in [0.3, 0.4) is 0 Å². The Morgan fingerprint density at radius 3 is 2.54 bits per heavy atom. The minimum Gasteiger partial charge on any atom is -0.383 e. The molecule has 128 valence electrons. The van der Waals surface area contributed by atoms with Crippen LogP contribution in [0, 0.1) is 6.92 Å². The summed E-state index contributed by atoms with van der Waals surface area (Å²) >= 11 is 1.53. The van der Waals surface area contributed by atoms with E-state index < -0.39 is 5.60 Å². The molecule has 2 unspecified atom stereocenters. The smallest absolute Gasteiger partial charge is 0.263 e. The number of piperidine rings is 1. The van der Waals surface area contributed by atoms with Crippen LogP contribution in [0.25, 0.3) is 0 Å². The van der Waals surface area contributed by atoms with Gasteiger partial charge in [0.15, 0.2) is 0 Å². The van der Waals surface area contributed by atoms with E-state index in [1.165, 1.54) is 11.3 Å². The third-order valence-electron chi connectivity index (χ3n) is 4.84. The Bertz CT molecular complexity index is 713. The summed E-state index contributed by atoms with van der Waals surface area (Å²) in [4.78, 5) is 18.6. The molecule has 4 nitrogen and oxygen atoms in total. The monoisotopic (exact) mass is 344 g/mol. The highest BCUT2D eigenvalue weighted by Gasteiger charge is 2.45. The van der Waals surface area contributed by atoms with Crippen LogP contribution in [0.2, 0.25) is 0 Å². The average Bonchev–Trinajstić information content (AvgIpc) is 3.01. The van der Waals surface area contributed by atoms with Crippen molar-refractivity contribution in [2.24, 2.45) is 0 Å². The van der Waals surface area contributed by atoms with Gasteiger partial charge in [-0.25, -0.2) is 0 Å². The molecular weight excluding hydrogens is 320 g/mol. The van der Waals surface area contributed by atoms with E-state index >= 15 is 0 Å². The summed E-state index contributed by atoms with van der Waals surface area (Å²) in [7, 11) is 3.92. The van der Waals surface area contributed by atoms with Gasteiger partial charge in [-0.1, -0.05) is 30.3 Å². The summed E-state index contributed by atoms with van der Waals surface area (Å²) in [6.07, 6.45) is 0.538. The van der Waals surface area contributed by atoms with Crippen molar-refractivity contribution < 1.29 is 9.90 Å². The molecule has 5 heteroatoms. The molecule has 1 saturated heterocycles. The quantitative estimate of drug-likeness (QED) is 0.931. The number of aliphatic hydroxyl groups is 1. The van der Waals surface area contributed by atoms with Crippen molar-refractivity contribution in [2.75, 3.05) is 27.2 Å². The number of hydrogen-bond donors (Lipinski definition) is 1. The third-order valence-corrected chi connectivity index (χ3v) is 5.83. The second-order valence-electron chi connectivity index (χ2n) is 6.68. The van der Waals surface area contributed by atoms with Gasteiger partial charge in [0.05, 0.1) is 10.9 Å². The first-order valence-electron chi connectivity index (χ1n) is 8.22. The number of aryl methyl sites for hydroxylation is 1. The van der Waals surface area contributed by atoms with E-state index in [1.54, 1.807) is 0 Å². The van der Waals surface area contributed by atoms with Crippen molar-refractivity contribution in [3.63, 3.8) is 0 Å². The predicted octanol–water partition coefficient (Wildman–Crippen LogP) is 2.72. The normalized spacial score (nSPS) is 24.4. The topological polar surface area (TPSA) is 43.8 Å². The van der Waals surface area contributed by atoms with Crippen molar-refractivity contribution in [1.82, 2.24) is 9.80 Å². The Morgan fingerprint density at radius 1 is 1.25 bits per heavy atom.